The first kappa shape index (κ1) is 10.6. The fourth-order valence-electron chi connectivity index (χ4n) is 0.615. The summed E-state index contributed by atoms with van der Waals surface area (Å²) in [5.74, 6) is 0.439. The first-order chi connectivity index (χ1) is 5.04. The van der Waals surface area contributed by atoms with E-state index in [4.69, 9.17) is 11.6 Å². The molecule has 0 spiro atoms. The maximum Gasteiger partial charge on any atom is 0.145 e. The Labute approximate surface area is 71.9 Å². The van der Waals surface area contributed by atoms with Crippen molar-refractivity contribution in [2.45, 2.75) is 26.7 Å². The molecule has 11 heavy (non-hydrogen) atoms. The molecule has 0 aromatic carbocycles. The second-order valence-corrected chi connectivity index (χ2v) is 3.43. The monoisotopic (exact) mass is 176 g/mol. The van der Waals surface area contributed by atoms with Crippen molar-refractivity contribution >= 4 is 23.7 Å². The summed E-state index contributed by atoms with van der Waals surface area (Å²) in [5.41, 5.74) is -0.827. The van der Waals surface area contributed by atoms with Crippen LogP contribution in [0.25, 0.3) is 0 Å². The molecular formula is C8H13ClO2. The zero-order valence-electron chi connectivity index (χ0n) is 6.89. The Morgan fingerprint density at radius 1 is 1.55 bits per heavy atom. The SMILES string of the molecule is CC(C)(C=O)C(=O)CCCCl. The summed E-state index contributed by atoms with van der Waals surface area (Å²) in [4.78, 5) is 21.5. The standard InChI is InChI=1S/C8H13ClO2/c1-8(2,6-10)7(11)4-3-5-9/h6H,3-5H2,1-2H3. The topological polar surface area (TPSA) is 34.1 Å². The average molecular weight is 177 g/mol. The molecule has 0 amide bonds. The molecule has 0 aliphatic carbocycles. The Balaban J connectivity index is 3.91. The van der Waals surface area contributed by atoms with Crippen LogP contribution in [0.2, 0.25) is 0 Å². The van der Waals surface area contributed by atoms with Gasteiger partial charge in [-0.1, -0.05) is 0 Å². The normalized spacial score (nSPS) is 11.2. The molecule has 0 saturated heterocycles. The summed E-state index contributed by atoms with van der Waals surface area (Å²) < 4.78 is 0. The van der Waals surface area contributed by atoms with Gasteiger partial charge in [-0.3, -0.25) is 4.79 Å². The van der Waals surface area contributed by atoms with E-state index in [2.05, 4.69) is 0 Å². The number of ketones is 1. The molecule has 0 fully saturated rings. The molecule has 0 rings (SSSR count). The van der Waals surface area contributed by atoms with Gasteiger partial charge in [-0.15, -0.1) is 11.6 Å². The van der Waals surface area contributed by atoms with Gasteiger partial charge in [0.05, 0.1) is 5.41 Å². The van der Waals surface area contributed by atoms with Gasteiger partial charge in [-0.05, 0) is 20.3 Å². The first-order valence-electron chi connectivity index (χ1n) is 3.60. The van der Waals surface area contributed by atoms with Crippen molar-refractivity contribution in [2.75, 3.05) is 5.88 Å². The number of aldehydes is 1. The van der Waals surface area contributed by atoms with Crippen LogP contribution in [0.3, 0.4) is 0 Å². The molecule has 0 bridgehead atoms. The highest BCUT2D eigenvalue weighted by molar-refractivity contribution is 6.18. The second kappa shape index (κ2) is 4.50. The number of hydrogen-bond acceptors (Lipinski definition) is 2. The predicted molar refractivity (Wildman–Crippen MR) is 44.8 cm³/mol. The lowest BCUT2D eigenvalue weighted by molar-refractivity contribution is -0.132. The van der Waals surface area contributed by atoms with Crippen molar-refractivity contribution in [3.63, 3.8) is 0 Å². The van der Waals surface area contributed by atoms with Gasteiger partial charge in [0, 0.05) is 12.3 Å². The van der Waals surface area contributed by atoms with E-state index in [0.717, 1.165) is 0 Å². The van der Waals surface area contributed by atoms with Crippen molar-refractivity contribution in [1.82, 2.24) is 0 Å². The smallest absolute Gasteiger partial charge is 0.145 e. The molecule has 0 unspecified atom stereocenters. The fourth-order valence-corrected chi connectivity index (χ4v) is 0.749. The number of Topliss-reactive ketones (excluding diaryl/α,β-unsaturated/α-hetero) is 1. The Kier molecular flexibility index (Phi) is 4.34. The highest BCUT2D eigenvalue weighted by atomic mass is 35.5. The van der Waals surface area contributed by atoms with Gasteiger partial charge in [0.2, 0.25) is 0 Å². The summed E-state index contributed by atoms with van der Waals surface area (Å²) in [7, 11) is 0. The van der Waals surface area contributed by atoms with Gasteiger partial charge < -0.3 is 4.79 Å². The number of rotatable bonds is 5. The third-order valence-electron chi connectivity index (χ3n) is 1.55. The van der Waals surface area contributed by atoms with E-state index in [9.17, 15) is 9.59 Å². The quantitative estimate of drug-likeness (QED) is 0.364. The van der Waals surface area contributed by atoms with Crippen LogP contribution in [0.15, 0.2) is 0 Å². The Bertz CT molecular complexity index is 152. The molecular weight excluding hydrogens is 164 g/mol. The van der Waals surface area contributed by atoms with E-state index in [1.165, 1.54) is 0 Å². The van der Waals surface area contributed by atoms with Crippen LogP contribution in [0, 0.1) is 5.41 Å². The molecule has 0 N–H and O–H groups in total. The van der Waals surface area contributed by atoms with Crippen LogP contribution in [0.4, 0.5) is 0 Å². The van der Waals surface area contributed by atoms with Crippen LogP contribution in [0.5, 0.6) is 0 Å². The number of carbonyl (C=O) groups excluding carboxylic acids is 2. The lowest BCUT2D eigenvalue weighted by atomic mass is 9.88. The first-order valence-corrected chi connectivity index (χ1v) is 4.13. The van der Waals surface area contributed by atoms with E-state index in [1.54, 1.807) is 13.8 Å². The second-order valence-electron chi connectivity index (χ2n) is 3.06. The summed E-state index contributed by atoms with van der Waals surface area (Å²) in [5, 5.41) is 0. The molecule has 0 aliphatic heterocycles. The molecule has 0 aliphatic rings. The molecule has 64 valence electrons. The van der Waals surface area contributed by atoms with Gasteiger partial charge in [-0.2, -0.15) is 0 Å². The third kappa shape index (κ3) is 3.51. The summed E-state index contributed by atoms with van der Waals surface area (Å²) in [6.07, 6.45) is 1.73. The minimum absolute atomic E-state index is 0.0341. The predicted octanol–water partition coefficient (Wildman–Crippen LogP) is 1.80. The van der Waals surface area contributed by atoms with E-state index in [0.29, 0.717) is 25.0 Å². The molecule has 2 nitrogen and oxygen atoms in total. The minimum atomic E-state index is -0.827. The van der Waals surface area contributed by atoms with Gasteiger partial charge in [-0.25, -0.2) is 0 Å². The molecule has 0 heterocycles. The molecule has 0 aromatic rings. The Morgan fingerprint density at radius 2 is 2.09 bits per heavy atom. The van der Waals surface area contributed by atoms with E-state index < -0.39 is 5.41 Å². The summed E-state index contributed by atoms with van der Waals surface area (Å²) in [6.45, 7) is 3.24. The molecule has 0 aromatic heterocycles. The minimum Gasteiger partial charge on any atom is -0.302 e. The third-order valence-corrected chi connectivity index (χ3v) is 1.82. The average Bonchev–Trinajstić information content (AvgIpc) is 2.00. The number of carbonyl (C=O) groups is 2. The van der Waals surface area contributed by atoms with Crippen molar-refractivity contribution in [2.24, 2.45) is 5.41 Å². The number of hydrogen-bond donors (Lipinski definition) is 0. The number of halogens is 1. The number of alkyl halides is 1. The van der Waals surface area contributed by atoms with Gasteiger partial charge in [0.25, 0.3) is 0 Å². The fraction of sp³-hybridized carbons (Fsp3) is 0.750. The Morgan fingerprint density at radius 3 is 2.45 bits per heavy atom. The molecule has 0 radical (unpaired) electrons. The summed E-state index contributed by atoms with van der Waals surface area (Å²) in [6, 6.07) is 0. The Hall–Kier alpha value is -0.370. The van der Waals surface area contributed by atoms with Crippen molar-refractivity contribution < 1.29 is 9.59 Å². The highest BCUT2D eigenvalue weighted by Gasteiger charge is 2.25. The van der Waals surface area contributed by atoms with Gasteiger partial charge >= 0.3 is 0 Å². The maximum atomic E-state index is 11.2. The van der Waals surface area contributed by atoms with Crippen molar-refractivity contribution in [3.8, 4) is 0 Å². The maximum absolute atomic E-state index is 11.2. The zero-order valence-corrected chi connectivity index (χ0v) is 7.65. The van der Waals surface area contributed by atoms with E-state index in [1.807, 2.05) is 0 Å². The lowest BCUT2D eigenvalue weighted by Crippen LogP contribution is -2.25. The van der Waals surface area contributed by atoms with E-state index >= 15 is 0 Å². The van der Waals surface area contributed by atoms with Gasteiger partial charge in [0.15, 0.2) is 0 Å². The molecule has 0 saturated carbocycles. The van der Waals surface area contributed by atoms with Crippen LogP contribution in [-0.4, -0.2) is 17.9 Å². The van der Waals surface area contributed by atoms with Crippen LogP contribution < -0.4 is 0 Å². The zero-order chi connectivity index (χ0) is 8.91. The van der Waals surface area contributed by atoms with Crippen LogP contribution in [-0.2, 0) is 9.59 Å². The van der Waals surface area contributed by atoms with Crippen LogP contribution >= 0.6 is 11.6 Å². The summed E-state index contributed by atoms with van der Waals surface area (Å²) >= 11 is 5.40. The lowest BCUT2D eigenvalue weighted by Gasteiger charge is -2.13. The van der Waals surface area contributed by atoms with Gasteiger partial charge in [0.1, 0.15) is 12.1 Å². The van der Waals surface area contributed by atoms with E-state index in [-0.39, 0.29) is 5.78 Å². The van der Waals surface area contributed by atoms with Crippen molar-refractivity contribution in [3.05, 3.63) is 0 Å². The molecule has 3 heteroatoms. The largest absolute Gasteiger partial charge is 0.302 e. The van der Waals surface area contributed by atoms with Crippen LogP contribution in [0.1, 0.15) is 26.7 Å². The van der Waals surface area contributed by atoms with Crippen molar-refractivity contribution in [1.29, 1.82) is 0 Å². The molecule has 0 atom stereocenters. The highest BCUT2D eigenvalue weighted by Crippen LogP contribution is 2.15.